The highest BCUT2D eigenvalue weighted by Crippen LogP contribution is 2.24. The predicted octanol–water partition coefficient (Wildman–Crippen LogP) is 5.24. The number of anilines is 1. The standard InChI is InChI=1S/C24H20N6O2S/c1-14-10-15(2)30(29-14)22-12-23(27-16(3)26-22)32-19-7-5-18(6-8-19)28-24(31)17-4-9-20-21(11-17)33-13-25-20/h4-13H,1-3H3,(H,28,31). The van der Waals surface area contributed by atoms with E-state index in [0.717, 1.165) is 21.6 Å². The van der Waals surface area contributed by atoms with Crippen molar-refractivity contribution in [1.29, 1.82) is 0 Å². The van der Waals surface area contributed by atoms with Gasteiger partial charge >= 0.3 is 0 Å². The summed E-state index contributed by atoms with van der Waals surface area (Å²) in [5.41, 5.74) is 5.80. The maximum absolute atomic E-state index is 12.6. The molecule has 0 aliphatic carbocycles. The van der Waals surface area contributed by atoms with Gasteiger partial charge in [0.2, 0.25) is 5.88 Å². The van der Waals surface area contributed by atoms with E-state index >= 15 is 0 Å². The second-order valence-electron chi connectivity index (χ2n) is 7.57. The molecule has 164 valence electrons. The van der Waals surface area contributed by atoms with Gasteiger partial charge in [-0.15, -0.1) is 11.3 Å². The molecule has 3 aromatic heterocycles. The van der Waals surface area contributed by atoms with E-state index in [1.54, 1.807) is 46.6 Å². The Morgan fingerprint density at radius 2 is 1.82 bits per heavy atom. The highest BCUT2D eigenvalue weighted by atomic mass is 32.1. The Kier molecular flexibility index (Phi) is 5.31. The molecule has 1 amide bonds. The van der Waals surface area contributed by atoms with Crippen LogP contribution in [0.5, 0.6) is 11.6 Å². The van der Waals surface area contributed by atoms with Crippen LogP contribution in [0.2, 0.25) is 0 Å². The van der Waals surface area contributed by atoms with Crippen LogP contribution in [0.1, 0.15) is 27.6 Å². The highest BCUT2D eigenvalue weighted by Gasteiger charge is 2.11. The average molecular weight is 457 g/mol. The van der Waals surface area contributed by atoms with Gasteiger partial charge in [-0.25, -0.2) is 14.6 Å². The molecule has 0 spiro atoms. The lowest BCUT2D eigenvalue weighted by atomic mass is 10.2. The summed E-state index contributed by atoms with van der Waals surface area (Å²) in [4.78, 5) is 25.7. The number of hydrogen-bond donors (Lipinski definition) is 1. The Bertz CT molecular complexity index is 1470. The van der Waals surface area contributed by atoms with Crippen molar-refractivity contribution in [2.24, 2.45) is 0 Å². The maximum atomic E-state index is 12.6. The van der Waals surface area contributed by atoms with Crippen molar-refractivity contribution >= 4 is 33.1 Å². The first-order valence-corrected chi connectivity index (χ1v) is 11.1. The number of aromatic nitrogens is 5. The van der Waals surface area contributed by atoms with E-state index in [1.807, 2.05) is 39.0 Å². The number of amides is 1. The number of nitrogens with one attached hydrogen (secondary N) is 1. The van der Waals surface area contributed by atoms with E-state index in [4.69, 9.17) is 4.74 Å². The lowest BCUT2D eigenvalue weighted by molar-refractivity contribution is 0.102. The monoisotopic (exact) mass is 456 g/mol. The van der Waals surface area contributed by atoms with Crippen molar-refractivity contribution in [3.8, 4) is 17.4 Å². The van der Waals surface area contributed by atoms with Gasteiger partial charge in [-0.1, -0.05) is 0 Å². The van der Waals surface area contributed by atoms with Gasteiger partial charge < -0.3 is 10.1 Å². The number of thiazole rings is 1. The molecule has 0 aliphatic heterocycles. The van der Waals surface area contributed by atoms with Gasteiger partial charge in [0.25, 0.3) is 5.91 Å². The lowest BCUT2D eigenvalue weighted by Crippen LogP contribution is -2.11. The second-order valence-corrected chi connectivity index (χ2v) is 8.45. The fourth-order valence-electron chi connectivity index (χ4n) is 3.47. The molecular weight excluding hydrogens is 436 g/mol. The van der Waals surface area contributed by atoms with Crippen molar-refractivity contribution in [2.75, 3.05) is 5.32 Å². The first-order chi connectivity index (χ1) is 15.9. The zero-order chi connectivity index (χ0) is 22.9. The molecule has 2 aromatic carbocycles. The topological polar surface area (TPSA) is 94.8 Å². The molecule has 0 radical (unpaired) electrons. The minimum Gasteiger partial charge on any atom is -0.439 e. The van der Waals surface area contributed by atoms with Gasteiger partial charge in [0.05, 0.1) is 21.4 Å². The smallest absolute Gasteiger partial charge is 0.255 e. The van der Waals surface area contributed by atoms with Crippen LogP contribution in [-0.4, -0.2) is 30.6 Å². The summed E-state index contributed by atoms with van der Waals surface area (Å²) in [6.45, 7) is 5.72. The summed E-state index contributed by atoms with van der Waals surface area (Å²) in [6, 6.07) is 16.3. The summed E-state index contributed by atoms with van der Waals surface area (Å²) in [5, 5.41) is 7.38. The van der Waals surface area contributed by atoms with Crippen LogP contribution >= 0.6 is 11.3 Å². The summed E-state index contributed by atoms with van der Waals surface area (Å²) < 4.78 is 8.68. The largest absolute Gasteiger partial charge is 0.439 e. The van der Waals surface area contributed by atoms with E-state index in [9.17, 15) is 4.79 Å². The van der Waals surface area contributed by atoms with Crippen LogP contribution in [0.4, 0.5) is 5.69 Å². The zero-order valence-corrected chi connectivity index (χ0v) is 19.1. The van der Waals surface area contributed by atoms with Gasteiger partial charge in [0.15, 0.2) is 5.82 Å². The summed E-state index contributed by atoms with van der Waals surface area (Å²) >= 11 is 1.51. The fourth-order valence-corrected chi connectivity index (χ4v) is 4.19. The van der Waals surface area contributed by atoms with Gasteiger partial charge in [-0.3, -0.25) is 4.79 Å². The molecule has 0 saturated carbocycles. The van der Waals surface area contributed by atoms with Crippen LogP contribution < -0.4 is 10.1 Å². The molecule has 5 aromatic rings. The molecular formula is C24H20N6O2S. The van der Waals surface area contributed by atoms with Crippen LogP contribution in [-0.2, 0) is 0 Å². The van der Waals surface area contributed by atoms with Gasteiger partial charge in [-0.05, 0) is 69.3 Å². The summed E-state index contributed by atoms with van der Waals surface area (Å²) in [7, 11) is 0. The molecule has 0 unspecified atom stereocenters. The van der Waals surface area contributed by atoms with Gasteiger partial charge in [-0.2, -0.15) is 10.1 Å². The van der Waals surface area contributed by atoms with E-state index in [-0.39, 0.29) is 5.91 Å². The fraction of sp³-hybridized carbons (Fsp3) is 0.125. The van der Waals surface area contributed by atoms with E-state index in [1.165, 1.54) is 11.3 Å². The molecule has 0 fully saturated rings. The predicted molar refractivity (Wildman–Crippen MR) is 127 cm³/mol. The highest BCUT2D eigenvalue weighted by molar-refractivity contribution is 7.16. The Hall–Kier alpha value is -4.11. The quantitative estimate of drug-likeness (QED) is 0.389. The molecule has 8 nitrogen and oxygen atoms in total. The van der Waals surface area contributed by atoms with Crippen molar-refractivity contribution < 1.29 is 9.53 Å². The molecule has 9 heteroatoms. The van der Waals surface area contributed by atoms with Gasteiger partial charge in [0.1, 0.15) is 11.6 Å². The molecule has 0 bridgehead atoms. The van der Waals surface area contributed by atoms with Crippen LogP contribution in [0.25, 0.3) is 16.0 Å². The van der Waals surface area contributed by atoms with Crippen molar-refractivity contribution in [3.05, 3.63) is 82.9 Å². The first-order valence-electron chi connectivity index (χ1n) is 10.3. The van der Waals surface area contributed by atoms with Gasteiger partial charge in [0, 0.05) is 23.0 Å². The Morgan fingerprint density at radius 1 is 1.00 bits per heavy atom. The number of nitrogens with zero attached hydrogens (tertiary/aromatic N) is 5. The van der Waals surface area contributed by atoms with Crippen LogP contribution in [0.3, 0.4) is 0 Å². The van der Waals surface area contributed by atoms with E-state index < -0.39 is 0 Å². The normalized spacial score (nSPS) is 11.0. The molecule has 0 atom stereocenters. The third kappa shape index (κ3) is 4.44. The van der Waals surface area contributed by atoms with Crippen molar-refractivity contribution in [3.63, 3.8) is 0 Å². The first kappa shape index (κ1) is 20.8. The molecule has 1 N–H and O–H groups in total. The minimum absolute atomic E-state index is 0.181. The number of carbonyl (C=O) groups is 1. The van der Waals surface area contributed by atoms with Crippen molar-refractivity contribution in [2.45, 2.75) is 20.8 Å². The second kappa shape index (κ2) is 8.44. The molecule has 33 heavy (non-hydrogen) atoms. The minimum atomic E-state index is -0.181. The third-order valence-corrected chi connectivity index (χ3v) is 5.75. The third-order valence-electron chi connectivity index (χ3n) is 4.96. The maximum Gasteiger partial charge on any atom is 0.255 e. The molecule has 0 saturated heterocycles. The number of aryl methyl sites for hydroxylation is 3. The average Bonchev–Trinajstić information content (AvgIpc) is 3.39. The molecule has 5 rings (SSSR count). The van der Waals surface area contributed by atoms with Crippen molar-refractivity contribution in [1.82, 2.24) is 24.7 Å². The summed E-state index contributed by atoms with van der Waals surface area (Å²) in [6.07, 6.45) is 0. The SMILES string of the molecule is Cc1cc(C)n(-c2cc(Oc3ccc(NC(=O)c4ccc5ncsc5c4)cc3)nc(C)n2)n1. The number of ether oxygens (including phenoxy) is 1. The lowest BCUT2D eigenvalue weighted by Gasteiger charge is -2.10. The summed E-state index contributed by atoms with van der Waals surface area (Å²) in [5.74, 6) is 2.05. The van der Waals surface area contributed by atoms with E-state index in [2.05, 4.69) is 25.4 Å². The number of fused-ring (bicyclic) bond motifs is 1. The number of benzene rings is 2. The zero-order valence-electron chi connectivity index (χ0n) is 18.2. The van der Waals surface area contributed by atoms with E-state index in [0.29, 0.717) is 34.5 Å². The number of hydrogen-bond acceptors (Lipinski definition) is 7. The van der Waals surface area contributed by atoms with Crippen LogP contribution in [0, 0.1) is 20.8 Å². The van der Waals surface area contributed by atoms with Crippen LogP contribution in [0.15, 0.2) is 60.1 Å². The Balaban J connectivity index is 1.31. The number of carbonyl (C=O) groups excluding carboxylic acids is 1. The molecule has 0 aliphatic rings. The number of rotatable bonds is 5. The molecule has 3 heterocycles. The Labute approximate surface area is 193 Å². The Morgan fingerprint density at radius 3 is 2.58 bits per heavy atom.